The fraction of sp³-hybridized carbons (Fsp3) is 0.630. The second kappa shape index (κ2) is 12.5. The number of nitrogens with zero attached hydrogens (tertiary/aromatic N) is 2. The Morgan fingerprint density at radius 1 is 1.29 bits per heavy atom. The van der Waals surface area contributed by atoms with Gasteiger partial charge in [-0.1, -0.05) is 23.2 Å². The molecular formula is C27H35Cl2F3N4O6. The number of nitrogens with one attached hydrogen (secondary N) is 1. The van der Waals surface area contributed by atoms with E-state index in [1.54, 1.807) is 24.1 Å². The number of benzene rings is 1. The first-order valence-electron chi connectivity index (χ1n) is 13.2. The van der Waals surface area contributed by atoms with Gasteiger partial charge < -0.3 is 25.6 Å². The Morgan fingerprint density at radius 3 is 2.45 bits per heavy atom. The molecule has 2 heterocycles. The van der Waals surface area contributed by atoms with E-state index in [0.29, 0.717) is 41.7 Å². The molecule has 15 heteroatoms. The fourth-order valence-electron chi connectivity index (χ4n) is 5.33. The lowest BCUT2D eigenvalue weighted by Crippen LogP contribution is -2.55. The highest BCUT2D eigenvalue weighted by atomic mass is 35.5. The van der Waals surface area contributed by atoms with E-state index in [1.807, 2.05) is 27.7 Å². The van der Waals surface area contributed by atoms with E-state index in [1.165, 1.54) is 0 Å². The van der Waals surface area contributed by atoms with Crippen molar-refractivity contribution in [3.05, 3.63) is 27.7 Å². The molecule has 0 radical (unpaired) electrons. The second-order valence-corrected chi connectivity index (χ2v) is 12.7. The monoisotopic (exact) mass is 638 g/mol. The predicted octanol–water partition coefficient (Wildman–Crippen LogP) is 4.71. The van der Waals surface area contributed by atoms with Gasteiger partial charge in [-0.15, -0.1) is 0 Å². The molecule has 2 amide bonds. The maximum Gasteiger partial charge on any atom is 0.490 e. The molecule has 10 nitrogen and oxygen atoms in total. The molecule has 1 unspecified atom stereocenters. The van der Waals surface area contributed by atoms with Crippen LogP contribution < -0.4 is 15.8 Å². The third-order valence-electron chi connectivity index (χ3n) is 7.18. The van der Waals surface area contributed by atoms with E-state index >= 15 is 0 Å². The molecule has 234 valence electrons. The first-order chi connectivity index (χ1) is 19.3. The van der Waals surface area contributed by atoms with Gasteiger partial charge in [-0.2, -0.15) is 13.2 Å². The Kier molecular flexibility index (Phi) is 10.0. The van der Waals surface area contributed by atoms with Crippen LogP contribution in [0.5, 0.6) is 5.75 Å². The van der Waals surface area contributed by atoms with E-state index in [4.69, 9.17) is 48.3 Å². The van der Waals surface area contributed by atoms with E-state index in [0.717, 1.165) is 5.56 Å². The van der Waals surface area contributed by atoms with Crippen molar-refractivity contribution < 1.29 is 42.1 Å². The molecular weight excluding hydrogens is 604 g/mol. The second-order valence-electron chi connectivity index (χ2n) is 11.8. The minimum Gasteiger partial charge on any atom is -0.486 e. The maximum atomic E-state index is 13.4. The number of hydrogen-bond donors (Lipinski definition) is 3. The van der Waals surface area contributed by atoms with E-state index in [-0.39, 0.29) is 48.1 Å². The summed E-state index contributed by atoms with van der Waals surface area (Å²) in [5.41, 5.74) is 5.97. The standard InChI is InChI=1S/C25H34Cl2N4O4.C2HF3O2/c1-24(2)12-20(32)31(23(28)30-24)19(6-7-34-5)14-10-15(14)22(33)29-18-11-25(3,4)35-21-16(18)8-13(26)9-17(21)27;3-2(4,5)1(6)7/h8-9,14-15,18-19H,6-7,10-12H2,1-5H3,(H2,28,30)(H,29,33);(H,6,7)/t14-,15-,18?,19-;/m1./s1. The summed E-state index contributed by atoms with van der Waals surface area (Å²) in [7, 11) is 1.62. The molecule has 0 bridgehead atoms. The molecule has 1 aliphatic carbocycles. The first-order valence-corrected chi connectivity index (χ1v) is 14.0. The molecule has 1 aromatic rings. The number of amides is 2. The minimum absolute atomic E-state index is 0.0284. The van der Waals surface area contributed by atoms with Crippen LogP contribution in [0.1, 0.15) is 65.0 Å². The molecule has 2 aliphatic heterocycles. The van der Waals surface area contributed by atoms with Crippen LogP contribution in [0.15, 0.2) is 17.1 Å². The molecule has 4 N–H and O–H groups in total. The third kappa shape index (κ3) is 8.19. The van der Waals surface area contributed by atoms with Crippen molar-refractivity contribution in [1.29, 1.82) is 0 Å². The Labute approximate surface area is 251 Å². The number of nitrogens with two attached hydrogens (primary N) is 1. The molecule has 3 aliphatic rings. The SMILES string of the molecule is COCC[C@H]([C@@H]1C[C@H]1C(=O)NC1CC(C)(C)Oc2c(Cl)cc(Cl)cc21)N1C(=O)CC(C)(C)N=C1N.O=C(O)C(F)(F)F. The summed E-state index contributed by atoms with van der Waals surface area (Å²) in [6.45, 7) is 8.16. The molecule has 0 saturated heterocycles. The van der Waals surface area contributed by atoms with Crippen molar-refractivity contribution >= 4 is 46.9 Å². The van der Waals surface area contributed by atoms with Crippen LogP contribution >= 0.6 is 23.2 Å². The summed E-state index contributed by atoms with van der Waals surface area (Å²) >= 11 is 12.7. The smallest absolute Gasteiger partial charge is 0.486 e. The van der Waals surface area contributed by atoms with Gasteiger partial charge in [0.15, 0.2) is 5.96 Å². The van der Waals surface area contributed by atoms with Gasteiger partial charge in [0.1, 0.15) is 11.4 Å². The van der Waals surface area contributed by atoms with Gasteiger partial charge >= 0.3 is 12.1 Å². The lowest BCUT2D eigenvalue weighted by Gasteiger charge is -2.39. The summed E-state index contributed by atoms with van der Waals surface area (Å²) < 4.78 is 43.1. The van der Waals surface area contributed by atoms with Crippen LogP contribution in [0.3, 0.4) is 0 Å². The fourth-order valence-corrected chi connectivity index (χ4v) is 5.88. The van der Waals surface area contributed by atoms with Gasteiger partial charge in [0.25, 0.3) is 0 Å². The van der Waals surface area contributed by atoms with Crippen LogP contribution in [0.2, 0.25) is 10.0 Å². The van der Waals surface area contributed by atoms with Crippen molar-refractivity contribution in [2.24, 2.45) is 22.6 Å². The van der Waals surface area contributed by atoms with Crippen molar-refractivity contribution in [1.82, 2.24) is 10.2 Å². The van der Waals surface area contributed by atoms with Crippen molar-refractivity contribution in [3.63, 3.8) is 0 Å². The minimum atomic E-state index is -5.08. The topological polar surface area (TPSA) is 144 Å². The number of methoxy groups -OCH3 is 1. The number of carbonyl (C=O) groups excluding carboxylic acids is 2. The molecule has 4 atom stereocenters. The number of ether oxygens (including phenoxy) is 2. The number of guanidine groups is 1. The molecule has 0 aromatic heterocycles. The normalized spacial score (nSPS) is 24.7. The molecule has 42 heavy (non-hydrogen) atoms. The average Bonchev–Trinajstić information content (AvgIpc) is 3.61. The number of carboxylic acids is 1. The highest BCUT2D eigenvalue weighted by Crippen LogP contribution is 2.48. The van der Waals surface area contributed by atoms with Crippen molar-refractivity contribution in [2.45, 2.75) is 82.8 Å². The number of hydrogen-bond acceptors (Lipinski definition) is 7. The highest BCUT2D eigenvalue weighted by molar-refractivity contribution is 6.35. The van der Waals surface area contributed by atoms with Gasteiger partial charge in [0.05, 0.1) is 23.0 Å². The number of halogens is 5. The van der Waals surface area contributed by atoms with Gasteiger partial charge in [-0.3, -0.25) is 14.5 Å². The number of alkyl halides is 3. The van der Waals surface area contributed by atoms with Crippen LogP contribution in [-0.2, 0) is 19.1 Å². The largest absolute Gasteiger partial charge is 0.490 e. The summed E-state index contributed by atoms with van der Waals surface area (Å²) in [5, 5.41) is 11.2. The predicted molar refractivity (Wildman–Crippen MR) is 149 cm³/mol. The van der Waals surface area contributed by atoms with Crippen LogP contribution in [0.25, 0.3) is 0 Å². The Hall–Kier alpha value is -2.77. The molecule has 1 saturated carbocycles. The Bertz CT molecular complexity index is 1260. The third-order valence-corrected chi connectivity index (χ3v) is 7.68. The van der Waals surface area contributed by atoms with Gasteiger partial charge in [-0.25, -0.2) is 9.79 Å². The highest BCUT2D eigenvalue weighted by Gasteiger charge is 2.52. The number of aliphatic carboxylic acids is 1. The number of aliphatic imine (C=N–C) groups is 1. The van der Waals surface area contributed by atoms with Crippen LogP contribution in [0.4, 0.5) is 13.2 Å². The summed E-state index contributed by atoms with van der Waals surface area (Å²) in [6, 6.07) is 2.89. The van der Waals surface area contributed by atoms with Crippen molar-refractivity contribution in [2.75, 3.05) is 13.7 Å². The molecule has 0 spiro atoms. The van der Waals surface area contributed by atoms with Crippen LogP contribution in [-0.4, -0.2) is 70.8 Å². The zero-order valence-corrected chi connectivity index (χ0v) is 25.4. The van der Waals surface area contributed by atoms with E-state index in [2.05, 4.69) is 10.3 Å². The maximum absolute atomic E-state index is 13.4. The summed E-state index contributed by atoms with van der Waals surface area (Å²) in [4.78, 5) is 41.4. The van der Waals surface area contributed by atoms with E-state index < -0.39 is 23.3 Å². The van der Waals surface area contributed by atoms with Gasteiger partial charge in [-0.05, 0) is 58.6 Å². The van der Waals surface area contributed by atoms with Crippen molar-refractivity contribution in [3.8, 4) is 5.75 Å². The molecule has 1 aromatic carbocycles. The number of fused-ring (bicyclic) bond motifs is 1. The molecule has 4 rings (SSSR count). The zero-order chi connectivity index (χ0) is 31.8. The quantitative estimate of drug-likeness (QED) is 0.392. The summed E-state index contributed by atoms with van der Waals surface area (Å²) in [5.74, 6) is -2.40. The van der Waals surface area contributed by atoms with Gasteiger partial charge in [0.2, 0.25) is 11.8 Å². The number of carbonyl (C=O) groups is 3. The first kappa shape index (κ1) is 33.7. The number of rotatable bonds is 7. The lowest BCUT2D eigenvalue weighted by atomic mass is 9.89. The average molecular weight is 639 g/mol. The molecule has 1 fully saturated rings. The Morgan fingerprint density at radius 2 is 1.90 bits per heavy atom. The zero-order valence-electron chi connectivity index (χ0n) is 23.8. The van der Waals surface area contributed by atoms with E-state index in [9.17, 15) is 22.8 Å². The van der Waals surface area contributed by atoms with Gasteiger partial charge in [0, 0.05) is 42.7 Å². The Balaban J connectivity index is 0.000000616. The number of carboxylic acid groups (broad SMARTS) is 1. The summed E-state index contributed by atoms with van der Waals surface area (Å²) in [6.07, 6.45) is -3.00. The lowest BCUT2D eigenvalue weighted by molar-refractivity contribution is -0.192. The van der Waals surface area contributed by atoms with Crippen LogP contribution in [0, 0.1) is 11.8 Å².